The molecule has 0 bridgehead atoms. The molecule has 4 nitrogen and oxygen atoms in total. The van der Waals surface area contributed by atoms with Gasteiger partial charge in [0.25, 0.3) is 0 Å². The quantitative estimate of drug-likeness (QED) is 0.430. The van der Waals surface area contributed by atoms with Crippen molar-refractivity contribution < 1.29 is 15.1 Å². The first-order valence-corrected chi connectivity index (χ1v) is 6.85. The van der Waals surface area contributed by atoms with E-state index in [9.17, 15) is 9.90 Å². The molecule has 106 valence electrons. The largest absolute Gasteiger partial charge is 0.507 e. The summed E-state index contributed by atoms with van der Waals surface area (Å²) in [4.78, 5) is 10.8. The van der Waals surface area contributed by atoms with Crippen LogP contribution in [-0.4, -0.2) is 16.2 Å². The summed E-state index contributed by atoms with van der Waals surface area (Å²) in [5.41, 5.74) is 2.56. The number of phenolic OH excluding ortho intramolecular Hbond substituents is 1. The molecule has 0 radical (unpaired) electrons. The first-order valence-electron chi connectivity index (χ1n) is 6.85. The molecule has 0 atom stereocenters. The number of rotatable bonds is 6. The van der Waals surface area contributed by atoms with Crippen LogP contribution < -0.4 is 5.48 Å². The van der Waals surface area contributed by atoms with Crippen LogP contribution in [0.25, 0.3) is 10.8 Å². The fraction of sp³-hybridized carbons (Fsp3) is 0.312. The second kappa shape index (κ2) is 6.91. The minimum absolute atomic E-state index is 0.334. The molecule has 20 heavy (non-hydrogen) atoms. The highest BCUT2D eigenvalue weighted by Gasteiger charge is 2.06. The average molecular weight is 273 g/mol. The van der Waals surface area contributed by atoms with Gasteiger partial charge in [0.15, 0.2) is 0 Å². The van der Waals surface area contributed by atoms with Gasteiger partial charge in [-0.15, -0.1) is 0 Å². The summed E-state index contributed by atoms with van der Waals surface area (Å²) in [6.45, 7) is 0. The average Bonchev–Trinajstić information content (AvgIpc) is 2.49. The molecule has 0 saturated carbocycles. The van der Waals surface area contributed by atoms with Gasteiger partial charge in [-0.2, -0.15) is 0 Å². The summed E-state index contributed by atoms with van der Waals surface area (Å²) in [5.74, 6) is 0.00903. The number of hydroxylamine groups is 1. The van der Waals surface area contributed by atoms with Gasteiger partial charge >= 0.3 is 0 Å². The van der Waals surface area contributed by atoms with E-state index in [1.165, 1.54) is 0 Å². The highest BCUT2D eigenvalue weighted by Crippen LogP contribution is 2.29. The van der Waals surface area contributed by atoms with Crippen LogP contribution in [0.1, 0.15) is 31.2 Å². The van der Waals surface area contributed by atoms with Gasteiger partial charge in [0, 0.05) is 11.8 Å². The standard InChI is InChI=1S/C16H19NO3/c18-15(17-20)9-3-1-2-7-13-11-10-12-6-4-5-8-14(12)16(13)19/h4-6,8,10-11,19-20H,1-3,7,9H2,(H,17,18). The molecule has 0 aliphatic heterocycles. The number of phenols is 1. The molecule has 0 aromatic heterocycles. The van der Waals surface area contributed by atoms with Crippen molar-refractivity contribution in [3.05, 3.63) is 42.0 Å². The van der Waals surface area contributed by atoms with E-state index in [0.29, 0.717) is 12.2 Å². The molecule has 0 saturated heterocycles. The summed E-state index contributed by atoms with van der Waals surface area (Å²) in [6.07, 6.45) is 3.66. The molecule has 2 rings (SSSR count). The molecule has 3 N–H and O–H groups in total. The highest BCUT2D eigenvalue weighted by molar-refractivity contribution is 5.89. The zero-order chi connectivity index (χ0) is 14.4. The molecule has 0 unspecified atom stereocenters. The maximum atomic E-state index is 10.8. The van der Waals surface area contributed by atoms with Gasteiger partial charge in [-0.1, -0.05) is 42.8 Å². The predicted octanol–water partition coefficient (Wildman–Crippen LogP) is 3.15. The molecule has 2 aromatic rings. The van der Waals surface area contributed by atoms with Crippen molar-refractivity contribution in [2.75, 3.05) is 0 Å². The number of amides is 1. The van der Waals surface area contributed by atoms with Gasteiger partial charge in [0.05, 0.1) is 0 Å². The molecule has 0 aliphatic rings. The van der Waals surface area contributed by atoms with Crippen LogP contribution in [0.5, 0.6) is 5.75 Å². The van der Waals surface area contributed by atoms with Crippen LogP contribution in [0.15, 0.2) is 36.4 Å². The number of unbranched alkanes of at least 4 members (excludes halogenated alkanes) is 2. The Kier molecular flexibility index (Phi) is 4.96. The molecule has 1 amide bonds. The molecule has 0 aliphatic carbocycles. The molecule has 0 spiro atoms. The lowest BCUT2D eigenvalue weighted by molar-refractivity contribution is -0.129. The zero-order valence-corrected chi connectivity index (χ0v) is 11.3. The van der Waals surface area contributed by atoms with E-state index in [-0.39, 0.29) is 5.91 Å². The Labute approximate surface area is 118 Å². The SMILES string of the molecule is O=C(CCCCCc1ccc2ccccc2c1O)NO. The van der Waals surface area contributed by atoms with Crippen LogP contribution in [0.2, 0.25) is 0 Å². The molecule has 0 heterocycles. The number of fused-ring (bicyclic) bond motifs is 1. The van der Waals surface area contributed by atoms with Crippen LogP contribution in [0, 0.1) is 0 Å². The van der Waals surface area contributed by atoms with E-state index in [2.05, 4.69) is 0 Å². The minimum atomic E-state index is -0.349. The van der Waals surface area contributed by atoms with Crippen LogP contribution in [0.3, 0.4) is 0 Å². The van der Waals surface area contributed by atoms with Crippen LogP contribution in [0.4, 0.5) is 0 Å². The smallest absolute Gasteiger partial charge is 0.243 e. The number of carbonyl (C=O) groups is 1. The lowest BCUT2D eigenvalue weighted by atomic mass is 10.0. The van der Waals surface area contributed by atoms with E-state index in [1.54, 1.807) is 5.48 Å². The maximum Gasteiger partial charge on any atom is 0.243 e. The van der Waals surface area contributed by atoms with Crippen molar-refractivity contribution in [2.45, 2.75) is 32.1 Å². The van der Waals surface area contributed by atoms with E-state index in [1.807, 2.05) is 36.4 Å². The number of aromatic hydroxyl groups is 1. The number of carbonyl (C=O) groups excluding carboxylic acids is 1. The Morgan fingerprint density at radius 2 is 1.85 bits per heavy atom. The van der Waals surface area contributed by atoms with E-state index in [0.717, 1.165) is 42.0 Å². The third-order valence-corrected chi connectivity index (χ3v) is 3.46. The summed E-state index contributed by atoms with van der Waals surface area (Å²) in [6, 6.07) is 11.7. The summed E-state index contributed by atoms with van der Waals surface area (Å²) < 4.78 is 0. The van der Waals surface area contributed by atoms with Crippen molar-refractivity contribution >= 4 is 16.7 Å². The fourth-order valence-electron chi connectivity index (χ4n) is 2.34. The van der Waals surface area contributed by atoms with Gasteiger partial charge in [-0.25, -0.2) is 5.48 Å². The number of aryl methyl sites for hydroxylation is 1. The number of hydrogen-bond acceptors (Lipinski definition) is 3. The second-order valence-corrected chi connectivity index (χ2v) is 4.89. The molecule has 2 aromatic carbocycles. The number of hydrogen-bond donors (Lipinski definition) is 3. The van der Waals surface area contributed by atoms with Crippen LogP contribution >= 0.6 is 0 Å². The van der Waals surface area contributed by atoms with Crippen molar-refractivity contribution in [3.63, 3.8) is 0 Å². The topological polar surface area (TPSA) is 69.6 Å². The molecular formula is C16H19NO3. The van der Waals surface area contributed by atoms with Gasteiger partial charge in [0.2, 0.25) is 5.91 Å². The zero-order valence-electron chi connectivity index (χ0n) is 11.3. The Hall–Kier alpha value is -2.07. The Balaban J connectivity index is 1.90. The normalized spacial score (nSPS) is 10.7. The third-order valence-electron chi connectivity index (χ3n) is 3.46. The maximum absolute atomic E-state index is 10.8. The number of benzene rings is 2. The van der Waals surface area contributed by atoms with E-state index in [4.69, 9.17) is 5.21 Å². The highest BCUT2D eigenvalue weighted by atomic mass is 16.5. The Morgan fingerprint density at radius 3 is 2.65 bits per heavy atom. The van der Waals surface area contributed by atoms with Crippen molar-refractivity contribution in [1.82, 2.24) is 5.48 Å². The van der Waals surface area contributed by atoms with Crippen LogP contribution in [-0.2, 0) is 11.2 Å². The van der Waals surface area contributed by atoms with Gasteiger partial charge < -0.3 is 5.11 Å². The lowest BCUT2D eigenvalue weighted by Crippen LogP contribution is -2.17. The minimum Gasteiger partial charge on any atom is -0.507 e. The fourth-order valence-corrected chi connectivity index (χ4v) is 2.34. The van der Waals surface area contributed by atoms with E-state index >= 15 is 0 Å². The van der Waals surface area contributed by atoms with Gasteiger partial charge in [-0.3, -0.25) is 10.0 Å². The van der Waals surface area contributed by atoms with Gasteiger partial charge in [0.1, 0.15) is 5.75 Å². The summed E-state index contributed by atoms with van der Waals surface area (Å²) >= 11 is 0. The Morgan fingerprint density at radius 1 is 1.05 bits per heavy atom. The Bertz CT molecular complexity index is 595. The first kappa shape index (κ1) is 14.3. The summed E-state index contributed by atoms with van der Waals surface area (Å²) in [7, 11) is 0. The lowest BCUT2D eigenvalue weighted by Gasteiger charge is -2.08. The third kappa shape index (κ3) is 3.48. The summed E-state index contributed by atoms with van der Waals surface area (Å²) in [5, 5.41) is 20.5. The molecule has 4 heteroatoms. The van der Waals surface area contributed by atoms with Gasteiger partial charge in [-0.05, 0) is 30.2 Å². The van der Waals surface area contributed by atoms with Crippen molar-refractivity contribution in [2.24, 2.45) is 0 Å². The molecule has 0 fully saturated rings. The van der Waals surface area contributed by atoms with E-state index < -0.39 is 0 Å². The number of nitrogens with one attached hydrogen (secondary N) is 1. The molecular weight excluding hydrogens is 254 g/mol. The van der Waals surface area contributed by atoms with Crippen molar-refractivity contribution in [1.29, 1.82) is 0 Å². The predicted molar refractivity (Wildman–Crippen MR) is 77.7 cm³/mol. The van der Waals surface area contributed by atoms with Crippen molar-refractivity contribution in [3.8, 4) is 5.75 Å². The second-order valence-electron chi connectivity index (χ2n) is 4.89. The monoisotopic (exact) mass is 273 g/mol. The first-order chi connectivity index (χ1) is 9.72.